The lowest BCUT2D eigenvalue weighted by molar-refractivity contribution is -0.120. The molecule has 27 heavy (non-hydrogen) atoms. The summed E-state index contributed by atoms with van der Waals surface area (Å²) in [6.45, 7) is 2.17. The number of amides is 1. The molecule has 0 saturated heterocycles. The largest absolute Gasteiger partial charge is 0.496 e. The number of carbonyl (C=O) groups is 2. The number of methoxy groups -OCH3 is 1. The van der Waals surface area contributed by atoms with Crippen LogP contribution in [-0.2, 0) is 16.6 Å². The van der Waals surface area contributed by atoms with E-state index in [2.05, 4.69) is 29.6 Å². The van der Waals surface area contributed by atoms with E-state index in [1.54, 1.807) is 25.3 Å². The molecule has 3 rings (SSSR count). The van der Waals surface area contributed by atoms with Gasteiger partial charge in [-0.1, -0.05) is 43.2 Å². The summed E-state index contributed by atoms with van der Waals surface area (Å²) in [6, 6.07) is 15.7. The number of hydrogen-bond donors (Lipinski definition) is 1. The van der Waals surface area contributed by atoms with Gasteiger partial charge in [0.25, 0.3) is 0 Å². The van der Waals surface area contributed by atoms with Crippen molar-refractivity contribution in [3.63, 3.8) is 0 Å². The highest BCUT2D eigenvalue weighted by Gasteiger charge is 2.35. The van der Waals surface area contributed by atoms with Gasteiger partial charge in [0.05, 0.1) is 13.5 Å². The molecule has 0 atom stereocenters. The van der Waals surface area contributed by atoms with Crippen LogP contribution in [0.15, 0.2) is 48.5 Å². The Bertz CT molecular complexity index is 808. The van der Waals surface area contributed by atoms with Gasteiger partial charge in [-0.15, -0.1) is 0 Å². The van der Waals surface area contributed by atoms with Gasteiger partial charge in [-0.2, -0.15) is 0 Å². The van der Waals surface area contributed by atoms with Gasteiger partial charge in [-0.3, -0.25) is 9.59 Å². The second kappa shape index (κ2) is 8.38. The first-order valence-electron chi connectivity index (χ1n) is 9.54. The molecular weight excluding hydrogens is 338 g/mol. The average molecular weight is 365 g/mol. The number of hydrogen-bond acceptors (Lipinski definition) is 3. The summed E-state index contributed by atoms with van der Waals surface area (Å²) in [5, 5.41) is 3.13. The van der Waals surface area contributed by atoms with Crippen molar-refractivity contribution in [3.8, 4) is 5.75 Å². The first kappa shape index (κ1) is 19.2. The monoisotopic (exact) mass is 365 g/mol. The number of carbonyl (C=O) groups excluding carboxylic acids is 2. The zero-order valence-corrected chi connectivity index (χ0v) is 16.1. The number of ketones is 1. The topological polar surface area (TPSA) is 55.4 Å². The standard InChI is InChI=1S/C23H27NO3/c1-17(25)18-10-11-21(27-2)19(14-18)15-22(26)24-16-23(12-6-7-13-23)20-8-4-3-5-9-20/h3-5,8-11,14H,6-7,12-13,15-16H2,1-2H3,(H,24,26). The van der Waals surface area contributed by atoms with E-state index in [0.29, 0.717) is 17.9 Å². The van der Waals surface area contributed by atoms with E-state index in [9.17, 15) is 9.59 Å². The molecule has 0 aromatic heterocycles. The molecule has 0 aliphatic heterocycles. The maximum Gasteiger partial charge on any atom is 0.224 e. The molecule has 1 saturated carbocycles. The Balaban J connectivity index is 1.71. The molecule has 1 amide bonds. The molecule has 0 unspecified atom stereocenters. The number of nitrogens with one attached hydrogen (secondary N) is 1. The van der Waals surface area contributed by atoms with E-state index in [0.717, 1.165) is 18.4 Å². The van der Waals surface area contributed by atoms with Crippen LogP contribution in [0.25, 0.3) is 0 Å². The molecule has 1 N–H and O–H groups in total. The van der Waals surface area contributed by atoms with Crippen LogP contribution in [0.5, 0.6) is 5.75 Å². The highest BCUT2D eigenvalue weighted by molar-refractivity contribution is 5.94. The molecule has 2 aromatic carbocycles. The predicted octanol–water partition coefficient (Wildman–Crippen LogP) is 4.07. The van der Waals surface area contributed by atoms with Crippen molar-refractivity contribution in [2.24, 2.45) is 0 Å². The first-order valence-corrected chi connectivity index (χ1v) is 9.54. The second-order valence-electron chi connectivity index (χ2n) is 7.39. The molecule has 4 heteroatoms. The van der Waals surface area contributed by atoms with Crippen LogP contribution < -0.4 is 10.1 Å². The molecule has 4 nitrogen and oxygen atoms in total. The SMILES string of the molecule is COc1ccc(C(C)=O)cc1CC(=O)NCC1(c2ccccc2)CCCC1. The summed E-state index contributed by atoms with van der Waals surface area (Å²) < 4.78 is 5.36. The van der Waals surface area contributed by atoms with Gasteiger partial charge in [-0.05, 0) is 43.5 Å². The molecule has 0 heterocycles. The first-order chi connectivity index (χ1) is 13.0. The summed E-state index contributed by atoms with van der Waals surface area (Å²) >= 11 is 0. The molecule has 1 fully saturated rings. The number of benzene rings is 2. The molecule has 1 aliphatic rings. The van der Waals surface area contributed by atoms with Crippen LogP contribution in [0.4, 0.5) is 0 Å². The second-order valence-corrected chi connectivity index (χ2v) is 7.39. The molecule has 1 aliphatic carbocycles. The van der Waals surface area contributed by atoms with Crippen molar-refractivity contribution >= 4 is 11.7 Å². The van der Waals surface area contributed by atoms with E-state index in [4.69, 9.17) is 4.74 Å². The Labute approximate surface area is 160 Å². The summed E-state index contributed by atoms with van der Waals surface area (Å²) in [5.41, 5.74) is 2.67. The average Bonchev–Trinajstić information content (AvgIpc) is 3.17. The van der Waals surface area contributed by atoms with E-state index in [1.807, 2.05) is 6.07 Å². The zero-order chi connectivity index (χ0) is 19.3. The fourth-order valence-electron chi connectivity index (χ4n) is 4.05. The quantitative estimate of drug-likeness (QED) is 0.753. The summed E-state index contributed by atoms with van der Waals surface area (Å²) in [4.78, 5) is 24.3. The lowest BCUT2D eigenvalue weighted by atomic mass is 9.79. The van der Waals surface area contributed by atoms with Gasteiger partial charge in [0, 0.05) is 23.1 Å². The highest BCUT2D eigenvalue weighted by Crippen LogP contribution is 2.40. The van der Waals surface area contributed by atoms with Gasteiger partial charge < -0.3 is 10.1 Å². The minimum Gasteiger partial charge on any atom is -0.496 e. The minimum atomic E-state index is -0.0452. The van der Waals surface area contributed by atoms with Gasteiger partial charge >= 0.3 is 0 Å². The van der Waals surface area contributed by atoms with Crippen molar-refractivity contribution in [3.05, 3.63) is 65.2 Å². The Morgan fingerprint density at radius 3 is 2.41 bits per heavy atom. The number of rotatable bonds is 7. The van der Waals surface area contributed by atoms with Crippen molar-refractivity contribution in [1.82, 2.24) is 5.32 Å². The fraction of sp³-hybridized carbons (Fsp3) is 0.391. The smallest absolute Gasteiger partial charge is 0.224 e. The van der Waals surface area contributed by atoms with Crippen LogP contribution in [0, 0.1) is 0 Å². The van der Waals surface area contributed by atoms with Gasteiger partial charge in [-0.25, -0.2) is 0 Å². The van der Waals surface area contributed by atoms with Crippen molar-refractivity contribution in [2.45, 2.75) is 44.4 Å². The van der Waals surface area contributed by atoms with E-state index >= 15 is 0 Å². The van der Waals surface area contributed by atoms with Gasteiger partial charge in [0.15, 0.2) is 5.78 Å². The number of ether oxygens (including phenoxy) is 1. The maximum absolute atomic E-state index is 12.6. The van der Waals surface area contributed by atoms with E-state index in [-0.39, 0.29) is 23.5 Å². The molecule has 142 valence electrons. The van der Waals surface area contributed by atoms with Crippen molar-refractivity contribution in [2.75, 3.05) is 13.7 Å². The number of Topliss-reactive ketones (excluding diaryl/α,β-unsaturated/α-hetero) is 1. The van der Waals surface area contributed by atoms with Crippen molar-refractivity contribution < 1.29 is 14.3 Å². The predicted molar refractivity (Wildman–Crippen MR) is 106 cm³/mol. The van der Waals surface area contributed by atoms with Gasteiger partial charge in [0.2, 0.25) is 5.91 Å². The molecule has 0 spiro atoms. The molecule has 2 aromatic rings. The van der Waals surface area contributed by atoms with E-state index < -0.39 is 0 Å². The lowest BCUT2D eigenvalue weighted by Gasteiger charge is -2.30. The minimum absolute atomic E-state index is 0.0201. The third-order valence-electron chi connectivity index (χ3n) is 5.61. The summed E-state index contributed by atoms with van der Waals surface area (Å²) in [5.74, 6) is 0.568. The Kier molecular flexibility index (Phi) is 5.94. The fourth-order valence-corrected chi connectivity index (χ4v) is 4.05. The van der Waals surface area contributed by atoms with Crippen LogP contribution in [0.2, 0.25) is 0 Å². The van der Waals surface area contributed by atoms with Crippen molar-refractivity contribution in [1.29, 1.82) is 0 Å². The molecule has 0 radical (unpaired) electrons. The summed E-state index contributed by atoms with van der Waals surface area (Å²) in [6.07, 6.45) is 4.79. The Morgan fingerprint density at radius 2 is 1.78 bits per heavy atom. The highest BCUT2D eigenvalue weighted by atomic mass is 16.5. The Morgan fingerprint density at radius 1 is 1.07 bits per heavy atom. The van der Waals surface area contributed by atoms with Gasteiger partial charge in [0.1, 0.15) is 5.75 Å². The van der Waals surface area contributed by atoms with E-state index in [1.165, 1.54) is 25.3 Å². The lowest BCUT2D eigenvalue weighted by Crippen LogP contribution is -2.39. The Hall–Kier alpha value is -2.62. The molecular formula is C23H27NO3. The third kappa shape index (κ3) is 4.38. The van der Waals surface area contributed by atoms with Crippen LogP contribution in [0.1, 0.15) is 54.1 Å². The van der Waals surface area contributed by atoms with Crippen LogP contribution in [-0.4, -0.2) is 25.3 Å². The van der Waals surface area contributed by atoms with Crippen LogP contribution in [0.3, 0.4) is 0 Å². The third-order valence-corrected chi connectivity index (χ3v) is 5.61. The molecule has 0 bridgehead atoms. The normalized spacial score (nSPS) is 15.3. The zero-order valence-electron chi connectivity index (χ0n) is 16.1. The summed E-state index contributed by atoms with van der Waals surface area (Å²) in [7, 11) is 1.58. The van der Waals surface area contributed by atoms with Crippen LogP contribution >= 0.6 is 0 Å². The maximum atomic E-state index is 12.6.